The number of methoxy groups -OCH3 is 2. The number of hydrogen-bond acceptors (Lipinski definition) is 6. The minimum absolute atomic E-state index is 0.297. The number of carbonyl (C=O) groups excluding carboxylic acids is 2. The van der Waals surface area contributed by atoms with Gasteiger partial charge in [-0.2, -0.15) is 0 Å². The van der Waals surface area contributed by atoms with Crippen molar-refractivity contribution < 1.29 is 28.2 Å². The summed E-state index contributed by atoms with van der Waals surface area (Å²) in [6.45, 7) is -0.462. The van der Waals surface area contributed by atoms with Crippen molar-refractivity contribution in [3.05, 3.63) is 53.2 Å². The molecule has 0 bridgehead atoms. The van der Waals surface area contributed by atoms with Crippen molar-refractivity contribution in [2.24, 2.45) is 0 Å². The van der Waals surface area contributed by atoms with Crippen LogP contribution in [0.5, 0.6) is 11.5 Å². The van der Waals surface area contributed by atoms with Crippen LogP contribution in [-0.2, 0) is 9.53 Å². The van der Waals surface area contributed by atoms with Crippen LogP contribution < -0.4 is 14.8 Å². The van der Waals surface area contributed by atoms with Gasteiger partial charge < -0.3 is 19.5 Å². The van der Waals surface area contributed by atoms with Gasteiger partial charge in [0.15, 0.2) is 6.61 Å². The number of benzene rings is 2. The van der Waals surface area contributed by atoms with E-state index >= 15 is 0 Å². The predicted molar refractivity (Wildman–Crippen MR) is 100 cm³/mol. The van der Waals surface area contributed by atoms with E-state index in [0.29, 0.717) is 27.4 Å². The molecular weight excluding hydrogens is 373 g/mol. The van der Waals surface area contributed by atoms with Crippen LogP contribution in [0.25, 0.3) is 10.1 Å². The average molecular weight is 389 g/mol. The van der Waals surface area contributed by atoms with Crippen molar-refractivity contribution in [2.45, 2.75) is 0 Å². The summed E-state index contributed by atoms with van der Waals surface area (Å²) in [5, 5.41) is 3.22. The fourth-order valence-electron chi connectivity index (χ4n) is 2.41. The number of thiophene rings is 1. The van der Waals surface area contributed by atoms with Crippen LogP contribution in [0.1, 0.15) is 9.67 Å². The fourth-order valence-corrected chi connectivity index (χ4v) is 3.34. The van der Waals surface area contributed by atoms with Gasteiger partial charge in [-0.3, -0.25) is 4.79 Å². The third kappa shape index (κ3) is 4.35. The number of carbonyl (C=O) groups is 2. The normalized spacial score (nSPS) is 10.5. The van der Waals surface area contributed by atoms with E-state index in [9.17, 15) is 14.0 Å². The molecule has 3 rings (SSSR count). The lowest BCUT2D eigenvalue weighted by Gasteiger charge is -2.11. The number of nitrogens with one attached hydrogen (secondary N) is 1. The Morgan fingerprint density at radius 3 is 2.63 bits per heavy atom. The van der Waals surface area contributed by atoms with Gasteiger partial charge in [0, 0.05) is 10.8 Å². The quantitative estimate of drug-likeness (QED) is 0.648. The van der Waals surface area contributed by atoms with Crippen LogP contribution in [0, 0.1) is 5.82 Å². The van der Waals surface area contributed by atoms with Gasteiger partial charge in [-0.1, -0.05) is 0 Å². The molecular formula is C19H16FNO5S. The highest BCUT2D eigenvalue weighted by Gasteiger charge is 2.15. The molecule has 140 valence electrons. The van der Waals surface area contributed by atoms with E-state index in [2.05, 4.69) is 5.32 Å². The van der Waals surface area contributed by atoms with Gasteiger partial charge in [0.1, 0.15) is 22.2 Å². The third-order valence-electron chi connectivity index (χ3n) is 3.70. The van der Waals surface area contributed by atoms with Gasteiger partial charge in [0.05, 0.1) is 19.9 Å². The lowest BCUT2D eigenvalue weighted by Crippen LogP contribution is -2.20. The van der Waals surface area contributed by atoms with Crippen LogP contribution in [0.15, 0.2) is 42.5 Å². The maximum absolute atomic E-state index is 13.2. The molecule has 0 aliphatic carbocycles. The Morgan fingerprint density at radius 2 is 1.89 bits per heavy atom. The second-order valence-corrected chi connectivity index (χ2v) is 6.57. The van der Waals surface area contributed by atoms with Crippen LogP contribution in [0.4, 0.5) is 10.1 Å². The molecule has 2 aromatic carbocycles. The van der Waals surface area contributed by atoms with Crippen LogP contribution in [-0.4, -0.2) is 32.7 Å². The largest absolute Gasteiger partial charge is 0.497 e. The Bertz CT molecular complexity index is 1000. The summed E-state index contributed by atoms with van der Waals surface area (Å²) < 4.78 is 29.3. The molecule has 0 saturated heterocycles. The Balaban J connectivity index is 1.62. The summed E-state index contributed by atoms with van der Waals surface area (Å²) in [5.74, 6) is -0.543. The summed E-state index contributed by atoms with van der Waals surface area (Å²) in [4.78, 5) is 24.5. The lowest BCUT2D eigenvalue weighted by atomic mass is 10.2. The monoisotopic (exact) mass is 389 g/mol. The van der Waals surface area contributed by atoms with E-state index in [4.69, 9.17) is 14.2 Å². The number of hydrogen-bond donors (Lipinski definition) is 1. The van der Waals surface area contributed by atoms with Gasteiger partial charge in [-0.05, 0) is 41.8 Å². The highest BCUT2D eigenvalue weighted by molar-refractivity contribution is 7.20. The first-order valence-electron chi connectivity index (χ1n) is 7.88. The lowest BCUT2D eigenvalue weighted by molar-refractivity contribution is -0.119. The molecule has 0 spiro atoms. The van der Waals surface area contributed by atoms with Crippen LogP contribution >= 0.6 is 11.3 Å². The molecule has 0 aliphatic heterocycles. The highest BCUT2D eigenvalue weighted by atomic mass is 32.1. The Kier molecular flexibility index (Phi) is 5.56. The van der Waals surface area contributed by atoms with Crippen molar-refractivity contribution >= 4 is 39.0 Å². The van der Waals surface area contributed by atoms with E-state index in [1.54, 1.807) is 24.3 Å². The van der Waals surface area contributed by atoms with Gasteiger partial charge in [0.2, 0.25) is 0 Å². The van der Waals surface area contributed by atoms with Crippen molar-refractivity contribution in [3.63, 3.8) is 0 Å². The molecule has 0 aliphatic rings. The summed E-state index contributed by atoms with van der Waals surface area (Å²) in [5.41, 5.74) is 0.427. The first-order chi connectivity index (χ1) is 13.0. The maximum Gasteiger partial charge on any atom is 0.348 e. The number of amides is 1. The molecule has 1 amide bonds. The fraction of sp³-hybridized carbons (Fsp3) is 0.158. The number of esters is 1. The number of anilines is 1. The van der Waals surface area contributed by atoms with Crippen molar-refractivity contribution in [1.82, 2.24) is 0 Å². The predicted octanol–water partition coefficient (Wildman–Crippen LogP) is 3.85. The third-order valence-corrected chi connectivity index (χ3v) is 4.79. The molecule has 1 aromatic heterocycles. The van der Waals surface area contributed by atoms with E-state index in [1.807, 2.05) is 0 Å². The molecule has 1 heterocycles. The minimum Gasteiger partial charge on any atom is -0.497 e. The molecule has 0 radical (unpaired) electrons. The number of rotatable bonds is 6. The minimum atomic E-state index is -0.645. The zero-order chi connectivity index (χ0) is 19.4. The molecule has 8 heteroatoms. The molecule has 0 saturated carbocycles. The second kappa shape index (κ2) is 8.05. The molecule has 0 atom stereocenters. The molecule has 6 nitrogen and oxygen atoms in total. The van der Waals surface area contributed by atoms with E-state index in [-0.39, 0.29) is 5.82 Å². The SMILES string of the molecule is COc1ccc(NC(=O)COC(=O)c2cc3cc(F)ccc3s2)c(OC)c1. The highest BCUT2D eigenvalue weighted by Crippen LogP contribution is 2.29. The van der Waals surface area contributed by atoms with Crippen LogP contribution in [0.2, 0.25) is 0 Å². The summed E-state index contributed by atoms with van der Waals surface area (Å²) in [7, 11) is 2.99. The van der Waals surface area contributed by atoms with E-state index < -0.39 is 18.5 Å². The number of fused-ring (bicyclic) bond motifs is 1. The van der Waals surface area contributed by atoms with E-state index in [1.165, 1.54) is 43.8 Å². The first kappa shape index (κ1) is 18.7. The second-order valence-electron chi connectivity index (χ2n) is 5.48. The van der Waals surface area contributed by atoms with Gasteiger partial charge in [0.25, 0.3) is 5.91 Å². The molecule has 1 N–H and O–H groups in total. The average Bonchev–Trinajstić information content (AvgIpc) is 3.09. The zero-order valence-corrected chi connectivity index (χ0v) is 15.4. The topological polar surface area (TPSA) is 73.9 Å². The van der Waals surface area contributed by atoms with Gasteiger partial charge >= 0.3 is 5.97 Å². The zero-order valence-electron chi connectivity index (χ0n) is 14.6. The summed E-state index contributed by atoms with van der Waals surface area (Å²) in [6, 6.07) is 10.7. The smallest absolute Gasteiger partial charge is 0.348 e. The Morgan fingerprint density at radius 1 is 1.07 bits per heavy atom. The first-order valence-corrected chi connectivity index (χ1v) is 8.70. The van der Waals surface area contributed by atoms with Crippen LogP contribution in [0.3, 0.4) is 0 Å². The molecule has 27 heavy (non-hydrogen) atoms. The Hall–Kier alpha value is -3.13. The van der Waals surface area contributed by atoms with Crippen molar-refractivity contribution in [1.29, 1.82) is 0 Å². The molecule has 0 unspecified atom stereocenters. The van der Waals surface area contributed by atoms with E-state index in [0.717, 1.165) is 4.70 Å². The Labute approximate surface area is 158 Å². The number of halogens is 1. The number of ether oxygens (including phenoxy) is 3. The van der Waals surface area contributed by atoms with Crippen molar-refractivity contribution in [3.8, 4) is 11.5 Å². The summed E-state index contributed by atoms with van der Waals surface area (Å²) >= 11 is 1.17. The van der Waals surface area contributed by atoms with Gasteiger partial charge in [-0.15, -0.1) is 11.3 Å². The molecule has 3 aromatic rings. The maximum atomic E-state index is 13.2. The van der Waals surface area contributed by atoms with Crippen molar-refractivity contribution in [2.75, 3.05) is 26.1 Å². The van der Waals surface area contributed by atoms with Gasteiger partial charge in [-0.25, -0.2) is 9.18 Å². The summed E-state index contributed by atoms with van der Waals surface area (Å²) in [6.07, 6.45) is 0. The molecule has 0 fully saturated rings. The standard InChI is InChI=1S/C19H16FNO5S/c1-24-13-4-5-14(15(9-13)25-2)21-18(22)10-26-19(23)17-8-11-7-12(20)3-6-16(11)27-17/h3-9H,10H2,1-2H3,(H,21,22).